The number of benzene rings is 1. The topological polar surface area (TPSA) is 89.2 Å². The molecule has 1 amide bonds. The van der Waals surface area contributed by atoms with E-state index >= 15 is 0 Å². The van der Waals surface area contributed by atoms with Gasteiger partial charge in [0.15, 0.2) is 0 Å². The molecule has 0 aliphatic rings. The Balaban J connectivity index is 1.56. The largest absolute Gasteiger partial charge is 0.378 e. The van der Waals surface area contributed by atoms with Crippen LogP contribution in [0.1, 0.15) is 9.67 Å². The van der Waals surface area contributed by atoms with Gasteiger partial charge in [0.25, 0.3) is 11.6 Å². The Morgan fingerprint density at radius 1 is 1.12 bits per heavy atom. The molecule has 2 N–H and O–H groups in total. The number of amides is 1. The summed E-state index contributed by atoms with van der Waals surface area (Å²) in [6.07, 6.45) is 3.77. The predicted octanol–water partition coefficient (Wildman–Crippen LogP) is 3.29. The van der Waals surface area contributed by atoms with E-state index in [0.29, 0.717) is 23.7 Å². The average molecular weight is 356 g/mol. The van der Waals surface area contributed by atoms with Gasteiger partial charge in [-0.1, -0.05) is 12.1 Å². The molecular formula is C17H16N4O3S. The second-order valence-corrected chi connectivity index (χ2v) is 6.10. The first-order valence-electron chi connectivity index (χ1n) is 7.63. The van der Waals surface area contributed by atoms with E-state index in [4.69, 9.17) is 0 Å². The molecule has 0 unspecified atom stereocenters. The number of nitro groups is 1. The maximum absolute atomic E-state index is 12.4. The molecular weight excluding hydrogens is 340 g/mol. The van der Waals surface area contributed by atoms with E-state index in [1.807, 2.05) is 40.5 Å². The summed E-state index contributed by atoms with van der Waals surface area (Å²) >= 11 is 1.37. The Kier molecular flexibility index (Phi) is 5.10. The highest BCUT2D eigenvalue weighted by Gasteiger charge is 2.14. The van der Waals surface area contributed by atoms with Gasteiger partial charge >= 0.3 is 0 Å². The van der Waals surface area contributed by atoms with Crippen molar-refractivity contribution in [2.75, 3.05) is 18.4 Å². The molecule has 0 radical (unpaired) electrons. The number of carbonyl (C=O) groups is 1. The summed E-state index contributed by atoms with van der Waals surface area (Å²) in [4.78, 5) is 23.5. The van der Waals surface area contributed by atoms with E-state index < -0.39 is 4.92 Å². The normalized spacial score (nSPS) is 10.4. The molecule has 25 heavy (non-hydrogen) atoms. The van der Waals surface area contributed by atoms with Crippen LogP contribution in [-0.2, 0) is 0 Å². The molecule has 0 atom stereocenters. The third-order valence-electron chi connectivity index (χ3n) is 3.56. The van der Waals surface area contributed by atoms with E-state index in [1.54, 1.807) is 18.2 Å². The zero-order valence-electron chi connectivity index (χ0n) is 13.2. The molecule has 0 aliphatic heterocycles. The van der Waals surface area contributed by atoms with Crippen molar-refractivity contribution in [3.05, 3.63) is 75.2 Å². The van der Waals surface area contributed by atoms with Crippen LogP contribution in [0, 0.1) is 10.1 Å². The highest BCUT2D eigenvalue weighted by Crippen LogP contribution is 2.23. The molecule has 0 aliphatic carbocycles. The molecule has 3 rings (SSSR count). The fourth-order valence-corrected chi connectivity index (χ4v) is 3.21. The van der Waals surface area contributed by atoms with Crippen molar-refractivity contribution in [1.82, 2.24) is 9.88 Å². The summed E-state index contributed by atoms with van der Waals surface area (Å²) in [5.41, 5.74) is 1.28. The van der Waals surface area contributed by atoms with Gasteiger partial charge in [-0.05, 0) is 29.6 Å². The molecule has 0 fully saturated rings. The average Bonchev–Trinajstić information content (AvgIpc) is 3.29. The Bertz CT molecular complexity index is 874. The summed E-state index contributed by atoms with van der Waals surface area (Å²) in [5, 5.41) is 18.6. The van der Waals surface area contributed by atoms with Crippen LogP contribution in [0.5, 0.6) is 0 Å². The van der Waals surface area contributed by atoms with Gasteiger partial charge < -0.3 is 15.2 Å². The summed E-state index contributed by atoms with van der Waals surface area (Å²) in [7, 11) is 0. The van der Waals surface area contributed by atoms with E-state index in [2.05, 4.69) is 10.6 Å². The molecule has 0 spiro atoms. The van der Waals surface area contributed by atoms with Crippen LogP contribution in [0.15, 0.2) is 60.2 Å². The second-order valence-electron chi connectivity index (χ2n) is 5.18. The highest BCUT2D eigenvalue weighted by molar-refractivity contribution is 7.12. The van der Waals surface area contributed by atoms with Crippen LogP contribution in [0.2, 0.25) is 0 Å². The number of nitro benzene ring substituents is 1. The number of nitrogens with one attached hydrogen (secondary N) is 2. The Hall–Kier alpha value is -3.13. The van der Waals surface area contributed by atoms with Crippen LogP contribution >= 0.6 is 11.3 Å². The monoisotopic (exact) mass is 356 g/mol. The minimum absolute atomic E-state index is 0.0157. The summed E-state index contributed by atoms with van der Waals surface area (Å²) in [5.74, 6) is -0.164. The zero-order valence-corrected chi connectivity index (χ0v) is 14.0. The predicted molar refractivity (Wildman–Crippen MR) is 97.6 cm³/mol. The number of hydrogen-bond acceptors (Lipinski definition) is 5. The third-order valence-corrected chi connectivity index (χ3v) is 4.46. The van der Waals surface area contributed by atoms with Crippen molar-refractivity contribution in [1.29, 1.82) is 0 Å². The second kappa shape index (κ2) is 7.63. The molecule has 0 saturated carbocycles. The van der Waals surface area contributed by atoms with Crippen LogP contribution in [-0.4, -0.2) is 28.5 Å². The highest BCUT2D eigenvalue weighted by atomic mass is 32.1. The SMILES string of the molecule is O=C(NCCNc1ccccc1[N+](=O)[O-])c1sccc1-n1cccc1. The first-order valence-corrected chi connectivity index (χ1v) is 8.51. The number of nitrogens with zero attached hydrogens (tertiary/aromatic N) is 2. The van der Waals surface area contributed by atoms with E-state index in [0.717, 1.165) is 5.69 Å². The van der Waals surface area contributed by atoms with Crippen molar-refractivity contribution in [2.45, 2.75) is 0 Å². The smallest absolute Gasteiger partial charge is 0.292 e. The van der Waals surface area contributed by atoms with Crippen molar-refractivity contribution in [2.24, 2.45) is 0 Å². The molecule has 3 aromatic rings. The molecule has 8 heteroatoms. The van der Waals surface area contributed by atoms with Gasteiger partial charge in [0.2, 0.25) is 0 Å². The first kappa shape index (κ1) is 16.7. The number of thiophene rings is 1. The standard InChI is InChI=1S/C17H16N4O3S/c22-17(16-15(7-12-25-16)20-10-3-4-11-20)19-9-8-18-13-5-1-2-6-14(13)21(23)24/h1-7,10-12,18H,8-9H2,(H,19,22). The number of para-hydroxylation sites is 2. The van der Waals surface area contributed by atoms with E-state index in [9.17, 15) is 14.9 Å². The molecule has 2 heterocycles. The molecule has 2 aromatic heterocycles. The van der Waals surface area contributed by atoms with Gasteiger partial charge in [-0.15, -0.1) is 11.3 Å². The summed E-state index contributed by atoms with van der Waals surface area (Å²) in [6, 6.07) is 12.1. The molecule has 0 saturated heterocycles. The van der Waals surface area contributed by atoms with Crippen molar-refractivity contribution < 1.29 is 9.72 Å². The quantitative estimate of drug-likeness (QED) is 0.386. The lowest BCUT2D eigenvalue weighted by atomic mass is 10.2. The lowest BCUT2D eigenvalue weighted by Crippen LogP contribution is -2.28. The number of rotatable bonds is 7. The minimum atomic E-state index is -0.435. The molecule has 7 nitrogen and oxygen atoms in total. The van der Waals surface area contributed by atoms with Crippen LogP contribution in [0.3, 0.4) is 0 Å². The minimum Gasteiger partial charge on any atom is -0.378 e. The van der Waals surface area contributed by atoms with E-state index in [1.165, 1.54) is 17.4 Å². The van der Waals surface area contributed by atoms with Gasteiger partial charge in [-0.2, -0.15) is 0 Å². The summed E-state index contributed by atoms with van der Waals surface area (Å²) < 4.78 is 1.89. The lowest BCUT2D eigenvalue weighted by molar-refractivity contribution is -0.384. The Morgan fingerprint density at radius 2 is 1.88 bits per heavy atom. The third kappa shape index (κ3) is 3.86. The Morgan fingerprint density at radius 3 is 2.64 bits per heavy atom. The van der Waals surface area contributed by atoms with Crippen molar-refractivity contribution in [3.63, 3.8) is 0 Å². The van der Waals surface area contributed by atoms with Gasteiger partial charge in [0.05, 0.1) is 10.6 Å². The number of anilines is 1. The van der Waals surface area contributed by atoms with Gasteiger partial charge in [-0.3, -0.25) is 14.9 Å². The first-order chi connectivity index (χ1) is 12.2. The van der Waals surface area contributed by atoms with Crippen molar-refractivity contribution in [3.8, 4) is 5.69 Å². The molecule has 128 valence electrons. The Labute approximate surface area is 148 Å². The van der Waals surface area contributed by atoms with Crippen molar-refractivity contribution >= 4 is 28.6 Å². The molecule has 1 aromatic carbocycles. The lowest BCUT2D eigenvalue weighted by Gasteiger charge is -2.09. The number of aromatic nitrogens is 1. The number of hydrogen-bond donors (Lipinski definition) is 2. The maximum atomic E-state index is 12.4. The fraction of sp³-hybridized carbons (Fsp3) is 0.118. The van der Waals surface area contributed by atoms with Crippen LogP contribution < -0.4 is 10.6 Å². The van der Waals surface area contributed by atoms with Crippen LogP contribution in [0.25, 0.3) is 5.69 Å². The molecule has 0 bridgehead atoms. The van der Waals surface area contributed by atoms with Crippen LogP contribution in [0.4, 0.5) is 11.4 Å². The zero-order chi connectivity index (χ0) is 17.6. The van der Waals surface area contributed by atoms with Gasteiger partial charge in [0, 0.05) is 31.5 Å². The summed E-state index contributed by atoms with van der Waals surface area (Å²) in [6.45, 7) is 0.745. The fourth-order valence-electron chi connectivity index (χ4n) is 2.41. The maximum Gasteiger partial charge on any atom is 0.292 e. The van der Waals surface area contributed by atoms with E-state index in [-0.39, 0.29) is 11.6 Å². The number of carbonyl (C=O) groups excluding carboxylic acids is 1. The van der Waals surface area contributed by atoms with Gasteiger partial charge in [0.1, 0.15) is 10.6 Å². The van der Waals surface area contributed by atoms with Gasteiger partial charge in [-0.25, -0.2) is 0 Å².